The van der Waals surface area contributed by atoms with Crippen LogP contribution in [0, 0.1) is 5.92 Å². The fraction of sp³-hybridized carbons (Fsp3) is 1.00. The fourth-order valence-electron chi connectivity index (χ4n) is 1.40. The predicted octanol–water partition coefficient (Wildman–Crippen LogP) is 3.61. The Morgan fingerprint density at radius 1 is 1.05 bits per heavy atom. The number of rotatable bonds is 9. The number of hydrogen-bond donors (Lipinski definition) is 1. The molecule has 0 heterocycles. The van der Waals surface area contributed by atoms with Gasteiger partial charge in [0.15, 0.2) is 0 Å². The molecule has 0 aliphatic heterocycles. The average Bonchev–Trinajstić information content (AvgIpc) is 2.24. The van der Waals surface area contributed by atoms with E-state index in [-0.39, 0.29) is 6.54 Å². The van der Waals surface area contributed by atoms with Gasteiger partial charge in [0.1, 0.15) is 6.61 Å². The van der Waals surface area contributed by atoms with Gasteiger partial charge in [0.2, 0.25) is 0 Å². The monoisotopic (exact) mass is 291 g/mol. The van der Waals surface area contributed by atoms with Gasteiger partial charge in [0.25, 0.3) is 0 Å². The largest absolute Gasteiger partial charge is 0.455 e. The summed E-state index contributed by atoms with van der Waals surface area (Å²) in [4.78, 5) is 0. The van der Waals surface area contributed by atoms with Crippen LogP contribution in [0.2, 0.25) is 0 Å². The summed E-state index contributed by atoms with van der Waals surface area (Å²) < 4.78 is 66.1. The molecule has 1 unspecified atom stereocenters. The zero-order valence-corrected chi connectivity index (χ0v) is 11.5. The average molecular weight is 291 g/mol. The molecule has 0 fully saturated rings. The summed E-state index contributed by atoms with van der Waals surface area (Å²) in [5, 5.41) is 2.99. The summed E-state index contributed by atoms with van der Waals surface area (Å²) in [5.74, 6) is -4.42. The lowest BCUT2D eigenvalue weighted by molar-refractivity contribution is -0.299. The SMILES string of the molecule is CCCC(CNCC(C)C)OCC(F)(F)C(F)(F)F. The molecule has 0 aromatic heterocycles. The second-order valence-electron chi connectivity index (χ2n) is 4.98. The summed E-state index contributed by atoms with van der Waals surface area (Å²) >= 11 is 0. The molecule has 0 aliphatic carbocycles. The van der Waals surface area contributed by atoms with E-state index in [1.807, 2.05) is 20.8 Å². The lowest BCUT2D eigenvalue weighted by atomic mass is 10.2. The van der Waals surface area contributed by atoms with Crippen molar-refractivity contribution in [3.8, 4) is 0 Å². The molecule has 0 spiro atoms. The Bertz CT molecular complexity index is 243. The first-order valence-electron chi connectivity index (χ1n) is 6.37. The van der Waals surface area contributed by atoms with Crippen molar-refractivity contribution in [3.05, 3.63) is 0 Å². The van der Waals surface area contributed by atoms with Crippen molar-refractivity contribution >= 4 is 0 Å². The smallest absolute Gasteiger partial charge is 0.370 e. The van der Waals surface area contributed by atoms with Crippen LogP contribution in [0.3, 0.4) is 0 Å². The summed E-state index contributed by atoms with van der Waals surface area (Å²) in [7, 11) is 0. The van der Waals surface area contributed by atoms with Gasteiger partial charge in [0.05, 0.1) is 6.10 Å². The van der Waals surface area contributed by atoms with E-state index >= 15 is 0 Å². The maximum atomic E-state index is 12.7. The van der Waals surface area contributed by atoms with E-state index in [9.17, 15) is 22.0 Å². The molecule has 0 saturated carbocycles. The highest BCUT2D eigenvalue weighted by Gasteiger charge is 2.57. The van der Waals surface area contributed by atoms with Gasteiger partial charge in [0, 0.05) is 6.54 Å². The van der Waals surface area contributed by atoms with Gasteiger partial charge in [-0.15, -0.1) is 0 Å². The van der Waals surface area contributed by atoms with E-state index in [2.05, 4.69) is 5.32 Å². The summed E-state index contributed by atoms with van der Waals surface area (Å²) in [6.07, 6.45) is -5.09. The predicted molar refractivity (Wildman–Crippen MR) is 63.4 cm³/mol. The third-order valence-electron chi connectivity index (χ3n) is 2.45. The van der Waals surface area contributed by atoms with Crippen molar-refractivity contribution in [2.45, 2.75) is 51.8 Å². The Balaban J connectivity index is 4.20. The van der Waals surface area contributed by atoms with Gasteiger partial charge in [-0.25, -0.2) is 0 Å². The van der Waals surface area contributed by atoms with Crippen LogP contribution in [0.5, 0.6) is 0 Å². The minimum atomic E-state index is -5.56. The second kappa shape index (κ2) is 7.99. The van der Waals surface area contributed by atoms with E-state index in [4.69, 9.17) is 4.74 Å². The van der Waals surface area contributed by atoms with Crippen molar-refractivity contribution in [2.24, 2.45) is 5.92 Å². The van der Waals surface area contributed by atoms with Crippen LogP contribution >= 0.6 is 0 Å². The van der Waals surface area contributed by atoms with Gasteiger partial charge in [-0.05, 0) is 18.9 Å². The number of ether oxygens (including phenoxy) is 1. The zero-order chi connectivity index (χ0) is 15.1. The standard InChI is InChI=1S/C12H22F5NO/c1-4-5-10(7-18-6-9(2)3)19-8-11(13,14)12(15,16)17/h9-10,18H,4-8H2,1-3H3. The molecule has 0 saturated heterocycles. The summed E-state index contributed by atoms with van der Waals surface area (Å²) in [6.45, 7) is 5.09. The van der Waals surface area contributed by atoms with Crippen LogP contribution in [-0.4, -0.2) is 37.9 Å². The summed E-state index contributed by atoms with van der Waals surface area (Å²) in [5.41, 5.74) is 0. The molecule has 0 radical (unpaired) electrons. The molecule has 116 valence electrons. The molecule has 2 nitrogen and oxygen atoms in total. The second-order valence-corrected chi connectivity index (χ2v) is 4.98. The molecule has 7 heteroatoms. The highest BCUT2D eigenvalue weighted by molar-refractivity contribution is 4.76. The Morgan fingerprint density at radius 3 is 2.05 bits per heavy atom. The summed E-state index contributed by atoms with van der Waals surface area (Å²) in [6, 6.07) is 0. The van der Waals surface area contributed by atoms with Crippen molar-refractivity contribution in [1.29, 1.82) is 0 Å². The Hall–Kier alpha value is -0.430. The van der Waals surface area contributed by atoms with Crippen LogP contribution < -0.4 is 5.32 Å². The quantitative estimate of drug-likeness (QED) is 0.655. The first kappa shape index (κ1) is 18.6. The third kappa shape index (κ3) is 7.67. The van der Waals surface area contributed by atoms with Crippen molar-refractivity contribution in [3.63, 3.8) is 0 Å². The number of nitrogens with one attached hydrogen (secondary N) is 1. The van der Waals surface area contributed by atoms with Gasteiger partial charge in [-0.2, -0.15) is 22.0 Å². The van der Waals surface area contributed by atoms with Crippen LogP contribution in [0.25, 0.3) is 0 Å². The number of hydrogen-bond acceptors (Lipinski definition) is 2. The van der Waals surface area contributed by atoms with E-state index < -0.39 is 24.8 Å². The van der Waals surface area contributed by atoms with Crippen molar-refractivity contribution in [1.82, 2.24) is 5.32 Å². The molecule has 0 aromatic rings. The minimum absolute atomic E-state index is 0.278. The Morgan fingerprint density at radius 2 is 1.63 bits per heavy atom. The molecule has 1 atom stereocenters. The van der Waals surface area contributed by atoms with Gasteiger partial charge in [-0.1, -0.05) is 27.2 Å². The van der Waals surface area contributed by atoms with Crippen LogP contribution in [0.1, 0.15) is 33.6 Å². The van der Waals surface area contributed by atoms with E-state index in [1.165, 1.54) is 0 Å². The Kier molecular flexibility index (Phi) is 7.81. The zero-order valence-electron chi connectivity index (χ0n) is 11.5. The lowest BCUT2D eigenvalue weighted by Gasteiger charge is -2.24. The first-order valence-corrected chi connectivity index (χ1v) is 6.37. The van der Waals surface area contributed by atoms with Crippen LogP contribution in [0.4, 0.5) is 22.0 Å². The Labute approximate surface area is 110 Å². The van der Waals surface area contributed by atoms with Gasteiger partial charge in [-0.3, -0.25) is 0 Å². The van der Waals surface area contributed by atoms with Crippen molar-refractivity contribution < 1.29 is 26.7 Å². The highest BCUT2D eigenvalue weighted by Crippen LogP contribution is 2.35. The molecule has 0 bridgehead atoms. The molecule has 1 N–H and O–H groups in total. The maximum absolute atomic E-state index is 12.7. The maximum Gasteiger partial charge on any atom is 0.455 e. The van der Waals surface area contributed by atoms with E-state index in [0.29, 0.717) is 25.3 Å². The van der Waals surface area contributed by atoms with Crippen LogP contribution in [-0.2, 0) is 4.74 Å². The van der Waals surface area contributed by atoms with E-state index in [0.717, 1.165) is 0 Å². The number of halogens is 5. The fourth-order valence-corrected chi connectivity index (χ4v) is 1.40. The first-order chi connectivity index (χ1) is 8.60. The van der Waals surface area contributed by atoms with Crippen molar-refractivity contribution in [2.75, 3.05) is 19.7 Å². The molecule has 0 amide bonds. The van der Waals surface area contributed by atoms with Crippen LogP contribution in [0.15, 0.2) is 0 Å². The molecular formula is C12H22F5NO. The lowest BCUT2D eigenvalue weighted by Crippen LogP contribution is -2.43. The topological polar surface area (TPSA) is 21.3 Å². The minimum Gasteiger partial charge on any atom is -0.370 e. The molecule has 0 aliphatic rings. The van der Waals surface area contributed by atoms with E-state index in [1.54, 1.807) is 0 Å². The molecular weight excluding hydrogens is 269 g/mol. The third-order valence-corrected chi connectivity index (χ3v) is 2.45. The molecule has 19 heavy (non-hydrogen) atoms. The number of alkyl halides is 5. The van der Waals surface area contributed by atoms with Gasteiger partial charge < -0.3 is 10.1 Å². The van der Waals surface area contributed by atoms with Gasteiger partial charge >= 0.3 is 12.1 Å². The highest BCUT2D eigenvalue weighted by atomic mass is 19.4. The molecule has 0 rings (SSSR count). The normalized spacial score (nSPS) is 15.0. The molecule has 0 aromatic carbocycles.